The van der Waals surface area contributed by atoms with E-state index in [1.807, 2.05) is 20.8 Å². The van der Waals surface area contributed by atoms with E-state index < -0.39 is 0 Å². The molecule has 0 fully saturated rings. The number of benzene rings is 1. The van der Waals surface area contributed by atoms with E-state index in [1.54, 1.807) is 6.07 Å². The summed E-state index contributed by atoms with van der Waals surface area (Å²) in [5, 5.41) is 6.02. The minimum absolute atomic E-state index is 0.0123. The first-order chi connectivity index (χ1) is 8.78. The molecular weight excluding hydrogens is 311 g/mol. The lowest BCUT2D eigenvalue weighted by molar-refractivity contribution is -0.122. The molecule has 2 N–H and O–H groups in total. The maximum absolute atomic E-state index is 13.1. The summed E-state index contributed by atoms with van der Waals surface area (Å²) in [4.78, 5) is 11.6. The van der Waals surface area contributed by atoms with Crippen molar-refractivity contribution >= 4 is 21.8 Å². The molecule has 0 unspecified atom stereocenters. The van der Waals surface area contributed by atoms with E-state index in [-0.39, 0.29) is 17.3 Å². The maximum atomic E-state index is 13.1. The van der Waals surface area contributed by atoms with Crippen LogP contribution in [0.2, 0.25) is 0 Å². The van der Waals surface area contributed by atoms with Gasteiger partial charge in [-0.3, -0.25) is 4.79 Å². The molecule has 1 aromatic carbocycles. The third-order valence-corrected chi connectivity index (χ3v) is 3.14. The average molecular weight is 331 g/mol. The number of rotatable bonds is 5. The second-order valence-corrected chi connectivity index (χ2v) is 6.32. The second kappa shape index (κ2) is 7.01. The fraction of sp³-hybridized carbons (Fsp3) is 0.500. The van der Waals surface area contributed by atoms with Crippen molar-refractivity contribution in [3.8, 4) is 0 Å². The van der Waals surface area contributed by atoms with Gasteiger partial charge in [0.1, 0.15) is 5.82 Å². The molecule has 0 aliphatic heterocycles. The fourth-order valence-electron chi connectivity index (χ4n) is 1.58. The van der Waals surface area contributed by atoms with Crippen LogP contribution in [0.5, 0.6) is 0 Å². The normalized spacial score (nSPS) is 11.4. The first kappa shape index (κ1) is 16.1. The van der Waals surface area contributed by atoms with Gasteiger partial charge in [-0.1, -0.05) is 15.9 Å². The van der Waals surface area contributed by atoms with Gasteiger partial charge in [-0.05, 0) is 44.5 Å². The molecule has 0 aromatic heterocycles. The van der Waals surface area contributed by atoms with Gasteiger partial charge in [0.2, 0.25) is 5.91 Å². The molecule has 0 saturated carbocycles. The highest BCUT2D eigenvalue weighted by atomic mass is 79.9. The van der Waals surface area contributed by atoms with Crippen molar-refractivity contribution in [3.05, 3.63) is 34.1 Å². The van der Waals surface area contributed by atoms with Gasteiger partial charge in [-0.25, -0.2) is 4.39 Å². The van der Waals surface area contributed by atoms with Gasteiger partial charge < -0.3 is 10.6 Å². The van der Waals surface area contributed by atoms with Gasteiger partial charge in [0.05, 0.1) is 0 Å². The van der Waals surface area contributed by atoms with Crippen molar-refractivity contribution in [1.82, 2.24) is 10.6 Å². The van der Waals surface area contributed by atoms with Crippen LogP contribution in [-0.2, 0) is 11.3 Å². The highest BCUT2D eigenvalue weighted by molar-refractivity contribution is 9.10. The third-order valence-electron chi connectivity index (χ3n) is 2.37. The van der Waals surface area contributed by atoms with E-state index in [0.717, 1.165) is 10.0 Å². The number of amides is 1. The van der Waals surface area contributed by atoms with Crippen LogP contribution in [0.1, 0.15) is 32.8 Å². The first-order valence-electron chi connectivity index (χ1n) is 6.23. The molecule has 5 heteroatoms. The maximum Gasteiger partial charge on any atom is 0.221 e. The monoisotopic (exact) mass is 330 g/mol. The Bertz CT molecular complexity index is 444. The smallest absolute Gasteiger partial charge is 0.221 e. The summed E-state index contributed by atoms with van der Waals surface area (Å²) < 4.78 is 13.9. The fourth-order valence-corrected chi connectivity index (χ4v) is 1.97. The van der Waals surface area contributed by atoms with Crippen LogP contribution in [0.4, 0.5) is 4.39 Å². The van der Waals surface area contributed by atoms with Gasteiger partial charge in [0, 0.05) is 29.5 Å². The number of halogens is 2. The quantitative estimate of drug-likeness (QED) is 0.815. The Morgan fingerprint density at radius 3 is 2.68 bits per heavy atom. The summed E-state index contributed by atoms with van der Waals surface area (Å²) >= 11 is 3.37. The van der Waals surface area contributed by atoms with E-state index in [0.29, 0.717) is 19.5 Å². The van der Waals surface area contributed by atoms with Crippen molar-refractivity contribution in [2.75, 3.05) is 6.54 Å². The molecule has 1 aromatic rings. The van der Waals surface area contributed by atoms with E-state index in [1.165, 1.54) is 12.1 Å². The lowest BCUT2D eigenvalue weighted by Crippen LogP contribution is -2.41. The molecule has 0 heterocycles. The van der Waals surface area contributed by atoms with Crippen molar-refractivity contribution in [2.24, 2.45) is 0 Å². The van der Waals surface area contributed by atoms with Crippen LogP contribution < -0.4 is 10.6 Å². The highest BCUT2D eigenvalue weighted by Gasteiger charge is 2.12. The molecule has 0 aliphatic rings. The summed E-state index contributed by atoms with van der Waals surface area (Å²) in [6.45, 7) is 6.93. The molecule has 0 bridgehead atoms. The van der Waals surface area contributed by atoms with Crippen molar-refractivity contribution in [2.45, 2.75) is 39.3 Å². The summed E-state index contributed by atoms with van der Waals surface area (Å²) in [6, 6.07) is 4.56. The molecule has 0 atom stereocenters. The van der Waals surface area contributed by atoms with E-state index in [4.69, 9.17) is 0 Å². The van der Waals surface area contributed by atoms with Crippen molar-refractivity contribution < 1.29 is 9.18 Å². The van der Waals surface area contributed by atoms with Gasteiger partial charge in [-0.15, -0.1) is 0 Å². The number of carbonyl (C=O) groups is 1. The first-order valence-corrected chi connectivity index (χ1v) is 7.03. The molecule has 0 spiro atoms. The molecule has 1 amide bonds. The summed E-state index contributed by atoms with van der Waals surface area (Å²) in [6.07, 6.45) is 0.407. The SMILES string of the molecule is CC(C)(C)NC(=O)CCNCc1cc(F)ccc1Br. The van der Waals surface area contributed by atoms with Crippen LogP contribution in [0.15, 0.2) is 22.7 Å². The molecule has 0 aliphatic carbocycles. The standard InChI is InChI=1S/C14H20BrFN2O/c1-14(2,3)18-13(19)6-7-17-9-10-8-11(16)4-5-12(10)15/h4-5,8,17H,6-7,9H2,1-3H3,(H,18,19). The minimum Gasteiger partial charge on any atom is -0.351 e. The molecule has 106 valence electrons. The molecule has 0 radical (unpaired) electrons. The van der Waals surface area contributed by atoms with Gasteiger partial charge in [0.15, 0.2) is 0 Å². The summed E-state index contributed by atoms with van der Waals surface area (Å²) in [7, 11) is 0. The van der Waals surface area contributed by atoms with Crippen molar-refractivity contribution in [3.63, 3.8) is 0 Å². The van der Waals surface area contributed by atoms with E-state index in [9.17, 15) is 9.18 Å². The topological polar surface area (TPSA) is 41.1 Å². The molecule has 1 rings (SSSR count). The second-order valence-electron chi connectivity index (χ2n) is 5.46. The predicted molar refractivity (Wildman–Crippen MR) is 78.3 cm³/mol. The number of nitrogens with one attached hydrogen (secondary N) is 2. The van der Waals surface area contributed by atoms with Crippen LogP contribution >= 0.6 is 15.9 Å². The van der Waals surface area contributed by atoms with Gasteiger partial charge >= 0.3 is 0 Å². The zero-order valence-electron chi connectivity index (χ0n) is 11.5. The lowest BCUT2D eigenvalue weighted by Gasteiger charge is -2.20. The van der Waals surface area contributed by atoms with Gasteiger partial charge in [-0.2, -0.15) is 0 Å². The molecule has 19 heavy (non-hydrogen) atoms. The molecule has 0 saturated heterocycles. The Kier molecular flexibility index (Phi) is 5.94. The number of hydrogen-bond donors (Lipinski definition) is 2. The lowest BCUT2D eigenvalue weighted by atomic mass is 10.1. The van der Waals surface area contributed by atoms with Gasteiger partial charge in [0.25, 0.3) is 0 Å². The third kappa shape index (κ3) is 6.68. The van der Waals surface area contributed by atoms with Crippen LogP contribution in [0.25, 0.3) is 0 Å². The summed E-state index contributed by atoms with van der Waals surface area (Å²) in [5.74, 6) is -0.246. The Balaban J connectivity index is 2.31. The van der Waals surface area contributed by atoms with Crippen molar-refractivity contribution in [1.29, 1.82) is 0 Å². The van der Waals surface area contributed by atoms with Crippen LogP contribution in [0.3, 0.4) is 0 Å². The highest BCUT2D eigenvalue weighted by Crippen LogP contribution is 2.17. The zero-order valence-corrected chi connectivity index (χ0v) is 13.1. The van der Waals surface area contributed by atoms with Crippen LogP contribution in [0, 0.1) is 5.82 Å². The Labute approximate surface area is 122 Å². The molecular formula is C14H20BrFN2O. The Hall–Kier alpha value is -0.940. The number of carbonyl (C=O) groups excluding carboxylic acids is 1. The zero-order chi connectivity index (χ0) is 14.5. The predicted octanol–water partition coefficient (Wildman–Crippen LogP) is 2.98. The Morgan fingerprint density at radius 2 is 2.05 bits per heavy atom. The summed E-state index contributed by atoms with van der Waals surface area (Å²) in [5.41, 5.74) is 0.638. The van der Waals surface area contributed by atoms with E-state index >= 15 is 0 Å². The van der Waals surface area contributed by atoms with E-state index in [2.05, 4.69) is 26.6 Å². The average Bonchev–Trinajstić information content (AvgIpc) is 2.26. The largest absolute Gasteiger partial charge is 0.351 e. The minimum atomic E-state index is -0.259. The van der Waals surface area contributed by atoms with Crippen LogP contribution in [-0.4, -0.2) is 18.0 Å². The number of hydrogen-bond acceptors (Lipinski definition) is 2. The Morgan fingerprint density at radius 1 is 1.37 bits per heavy atom. The molecule has 3 nitrogen and oxygen atoms in total.